The van der Waals surface area contributed by atoms with Crippen LogP contribution in [0.1, 0.15) is 12.5 Å². The van der Waals surface area contributed by atoms with Crippen LogP contribution in [0, 0.1) is 7.14 Å². The van der Waals surface area contributed by atoms with Crippen LogP contribution in [0.3, 0.4) is 0 Å². The summed E-state index contributed by atoms with van der Waals surface area (Å²) in [4.78, 5) is 2.21. The Balaban J connectivity index is 3.21. The highest BCUT2D eigenvalue weighted by Gasteiger charge is 2.18. The highest BCUT2D eigenvalue weighted by molar-refractivity contribution is 14.1. The number of hydrogen-bond acceptors (Lipinski definition) is 3. The van der Waals surface area contributed by atoms with Crippen molar-refractivity contribution in [3.8, 4) is 11.5 Å². The van der Waals surface area contributed by atoms with E-state index in [1.807, 2.05) is 0 Å². The van der Waals surface area contributed by atoms with E-state index in [-0.39, 0.29) is 0 Å². The van der Waals surface area contributed by atoms with Gasteiger partial charge in [-0.3, -0.25) is 0 Å². The first-order valence-electron chi connectivity index (χ1n) is 5.67. The fourth-order valence-corrected chi connectivity index (χ4v) is 3.11. The van der Waals surface area contributed by atoms with E-state index in [2.05, 4.69) is 77.2 Å². The van der Waals surface area contributed by atoms with Crippen LogP contribution in [-0.2, 0) is 6.42 Å². The molecule has 1 aromatic rings. The van der Waals surface area contributed by atoms with Crippen molar-refractivity contribution in [1.29, 1.82) is 0 Å². The molecule has 102 valence electrons. The molecule has 0 fully saturated rings. The van der Waals surface area contributed by atoms with Crippen molar-refractivity contribution < 1.29 is 9.47 Å². The van der Waals surface area contributed by atoms with Gasteiger partial charge in [0.2, 0.25) is 0 Å². The van der Waals surface area contributed by atoms with Crippen LogP contribution >= 0.6 is 45.2 Å². The summed E-state index contributed by atoms with van der Waals surface area (Å²) in [6.07, 6.45) is 0.944. The first-order valence-corrected chi connectivity index (χ1v) is 7.83. The van der Waals surface area contributed by atoms with E-state index in [1.54, 1.807) is 14.2 Å². The van der Waals surface area contributed by atoms with Gasteiger partial charge in [-0.1, -0.05) is 0 Å². The normalized spacial score (nSPS) is 12.7. The van der Waals surface area contributed by atoms with Gasteiger partial charge >= 0.3 is 0 Å². The summed E-state index contributed by atoms with van der Waals surface area (Å²) in [5.41, 5.74) is 1.19. The molecule has 0 aliphatic rings. The highest BCUT2D eigenvalue weighted by atomic mass is 127. The number of methoxy groups -OCH3 is 2. The van der Waals surface area contributed by atoms with Gasteiger partial charge in [0, 0.05) is 11.6 Å². The third kappa shape index (κ3) is 3.63. The second-order valence-corrected chi connectivity index (χ2v) is 6.57. The molecule has 0 aliphatic heterocycles. The fraction of sp³-hybridized carbons (Fsp3) is 0.538. The fourth-order valence-electron chi connectivity index (χ4n) is 1.66. The molecule has 1 aromatic carbocycles. The summed E-state index contributed by atoms with van der Waals surface area (Å²) in [5, 5.41) is 0. The Labute approximate surface area is 136 Å². The number of hydrogen-bond donors (Lipinski definition) is 0. The lowest BCUT2D eigenvalue weighted by atomic mass is 10.0. The molecule has 1 unspecified atom stereocenters. The predicted octanol–water partition coefficient (Wildman–Crippen LogP) is 3.41. The Hall–Kier alpha value is 0.240. The number of likely N-dealkylation sites (N-methyl/N-ethyl adjacent to an activating group) is 1. The van der Waals surface area contributed by atoms with E-state index in [4.69, 9.17) is 9.47 Å². The first kappa shape index (κ1) is 16.3. The summed E-state index contributed by atoms with van der Waals surface area (Å²) in [5.74, 6) is 1.89. The van der Waals surface area contributed by atoms with Gasteiger partial charge in [0.15, 0.2) is 0 Å². The van der Waals surface area contributed by atoms with E-state index in [0.717, 1.165) is 25.1 Å². The Kier molecular flexibility index (Phi) is 6.46. The minimum Gasteiger partial charge on any atom is -0.496 e. The van der Waals surface area contributed by atoms with E-state index in [1.165, 1.54) is 5.56 Å². The van der Waals surface area contributed by atoms with Gasteiger partial charge in [0.05, 0.1) is 21.4 Å². The van der Waals surface area contributed by atoms with Crippen molar-refractivity contribution in [3.05, 3.63) is 18.8 Å². The van der Waals surface area contributed by atoms with Crippen molar-refractivity contribution in [2.45, 2.75) is 19.4 Å². The summed E-state index contributed by atoms with van der Waals surface area (Å²) in [7, 11) is 7.61. The Bertz CT molecular complexity index is 422. The lowest BCUT2D eigenvalue weighted by Crippen LogP contribution is -2.27. The minimum absolute atomic E-state index is 0.458. The molecule has 0 bridgehead atoms. The van der Waals surface area contributed by atoms with Crippen LogP contribution in [0.25, 0.3) is 0 Å². The maximum Gasteiger partial charge on any atom is 0.136 e. The standard InChI is InChI=1S/C13H19I2NO2/c1-8(16(2)3)6-9-7-10(17-4)11(14)12(15)13(9)18-5/h7-8H,6H2,1-5H3. The molecule has 0 amide bonds. The molecule has 18 heavy (non-hydrogen) atoms. The van der Waals surface area contributed by atoms with Crippen LogP contribution in [0.5, 0.6) is 11.5 Å². The molecule has 5 heteroatoms. The van der Waals surface area contributed by atoms with Crippen LogP contribution in [-0.4, -0.2) is 39.3 Å². The Morgan fingerprint density at radius 3 is 2.22 bits per heavy atom. The minimum atomic E-state index is 0.458. The zero-order valence-electron chi connectivity index (χ0n) is 11.4. The molecule has 0 aromatic heterocycles. The molecule has 0 heterocycles. The molecule has 1 rings (SSSR count). The first-order chi connectivity index (χ1) is 8.42. The third-order valence-corrected chi connectivity index (χ3v) is 6.16. The van der Waals surface area contributed by atoms with E-state index >= 15 is 0 Å². The van der Waals surface area contributed by atoms with Gasteiger partial charge in [-0.2, -0.15) is 0 Å². The van der Waals surface area contributed by atoms with Crippen LogP contribution in [0.15, 0.2) is 6.07 Å². The third-order valence-electron chi connectivity index (χ3n) is 3.03. The molecule has 0 saturated heterocycles. The lowest BCUT2D eigenvalue weighted by molar-refractivity contribution is 0.307. The average molecular weight is 475 g/mol. The van der Waals surface area contributed by atoms with Crippen molar-refractivity contribution in [1.82, 2.24) is 4.90 Å². The van der Waals surface area contributed by atoms with Gasteiger partial charge in [-0.25, -0.2) is 0 Å². The molecule has 0 saturated carbocycles. The number of halogens is 2. The maximum absolute atomic E-state index is 5.55. The van der Waals surface area contributed by atoms with Crippen molar-refractivity contribution in [3.63, 3.8) is 0 Å². The van der Waals surface area contributed by atoms with Crippen molar-refractivity contribution in [2.75, 3.05) is 28.3 Å². The molecule has 0 radical (unpaired) electrons. The molecule has 0 spiro atoms. The van der Waals surface area contributed by atoms with Gasteiger partial charge in [0.25, 0.3) is 0 Å². The molecule has 0 N–H and O–H groups in total. The summed E-state index contributed by atoms with van der Waals surface area (Å²) >= 11 is 4.61. The summed E-state index contributed by atoms with van der Waals surface area (Å²) < 4.78 is 13.2. The quantitative estimate of drug-likeness (QED) is 0.610. The number of nitrogens with zero attached hydrogens (tertiary/aromatic N) is 1. The zero-order chi connectivity index (χ0) is 13.9. The summed E-state index contributed by atoms with van der Waals surface area (Å²) in [6.45, 7) is 2.21. The van der Waals surface area contributed by atoms with Crippen molar-refractivity contribution in [2.24, 2.45) is 0 Å². The number of ether oxygens (including phenoxy) is 2. The average Bonchev–Trinajstić information content (AvgIpc) is 2.33. The number of rotatable bonds is 5. The highest BCUT2D eigenvalue weighted by Crippen LogP contribution is 2.37. The Morgan fingerprint density at radius 2 is 1.78 bits per heavy atom. The van der Waals surface area contributed by atoms with Gasteiger partial charge < -0.3 is 14.4 Å². The maximum atomic E-state index is 5.55. The monoisotopic (exact) mass is 475 g/mol. The molecular formula is C13H19I2NO2. The van der Waals surface area contributed by atoms with E-state index < -0.39 is 0 Å². The smallest absolute Gasteiger partial charge is 0.136 e. The van der Waals surface area contributed by atoms with E-state index in [0.29, 0.717) is 6.04 Å². The summed E-state index contributed by atoms with van der Waals surface area (Å²) in [6, 6.07) is 2.54. The van der Waals surface area contributed by atoms with Crippen molar-refractivity contribution >= 4 is 45.2 Å². The van der Waals surface area contributed by atoms with Gasteiger partial charge in [0.1, 0.15) is 11.5 Å². The topological polar surface area (TPSA) is 21.7 Å². The second kappa shape index (κ2) is 7.14. The Morgan fingerprint density at radius 1 is 1.17 bits per heavy atom. The van der Waals surface area contributed by atoms with E-state index in [9.17, 15) is 0 Å². The van der Waals surface area contributed by atoms with Crippen LogP contribution in [0.2, 0.25) is 0 Å². The molecule has 0 aliphatic carbocycles. The number of benzene rings is 1. The molecule has 3 nitrogen and oxygen atoms in total. The van der Waals surface area contributed by atoms with Gasteiger partial charge in [-0.05, 0) is 78.7 Å². The molecule has 1 atom stereocenters. The van der Waals surface area contributed by atoms with Crippen LogP contribution in [0.4, 0.5) is 0 Å². The SMILES string of the molecule is COc1cc(CC(C)N(C)C)c(OC)c(I)c1I. The second-order valence-electron chi connectivity index (χ2n) is 4.42. The molecular weight excluding hydrogens is 456 g/mol. The largest absolute Gasteiger partial charge is 0.496 e. The van der Waals surface area contributed by atoms with Crippen LogP contribution < -0.4 is 9.47 Å². The zero-order valence-corrected chi connectivity index (χ0v) is 15.7. The van der Waals surface area contributed by atoms with Gasteiger partial charge in [-0.15, -0.1) is 0 Å². The lowest BCUT2D eigenvalue weighted by Gasteiger charge is -2.22. The predicted molar refractivity (Wildman–Crippen MR) is 91.8 cm³/mol.